The SMILES string of the molecule is CCC1CCC(C)N(C(=O)c2cccc(CSc3cc(Cl)c(C)cc3Cl)n2)C1. The molecule has 2 unspecified atom stereocenters. The first-order chi connectivity index (χ1) is 13.4. The van der Waals surface area contributed by atoms with Crippen molar-refractivity contribution in [2.75, 3.05) is 6.54 Å². The van der Waals surface area contributed by atoms with Gasteiger partial charge in [-0.3, -0.25) is 4.79 Å². The maximum absolute atomic E-state index is 13.1. The van der Waals surface area contributed by atoms with Crippen LogP contribution in [0.25, 0.3) is 0 Å². The van der Waals surface area contributed by atoms with Crippen LogP contribution in [0.15, 0.2) is 35.2 Å². The number of hydrogen-bond donors (Lipinski definition) is 0. The lowest BCUT2D eigenvalue weighted by Gasteiger charge is -2.37. The molecular formula is C22H26Cl2N2OS. The van der Waals surface area contributed by atoms with Gasteiger partial charge >= 0.3 is 0 Å². The molecule has 3 rings (SSSR count). The summed E-state index contributed by atoms with van der Waals surface area (Å²) in [6.07, 6.45) is 3.37. The van der Waals surface area contributed by atoms with E-state index in [0.717, 1.165) is 35.5 Å². The molecule has 2 aromatic rings. The molecule has 1 aliphatic rings. The average Bonchev–Trinajstić information content (AvgIpc) is 2.70. The van der Waals surface area contributed by atoms with Gasteiger partial charge < -0.3 is 4.90 Å². The predicted octanol–water partition coefficient (Wildman–Crippen LogP) is 6.64. The Morgan fingerprint density at radius 3 is 2.79 bits per heavy atom. The van der Waals surface area contributed by atoms with Gasteiger partial charge in [-0.1, -0.05) is 42.6 Å². The van der Waals surface area contributed by atoms with Crippen molar-refractivity contribution in [3.63, 3.8) is 0 Å². The van der Waals surface area contributed by atoms with Gasteiger partial charge in [-0.2, -0.15) is 0 Å². The number of carbonyl (C=O) groups excluding carboxylic acids is 1. The third-order valence-electron chi connectivity index (χ3n) is 5.43. The van der Waals surface area contributed by atoms with E-state index in [4.69, 9.17) is 23.2 Å². The molecule has 0 saturated carbocycles. The zero-order valence-corrected chi connectivity index (χ0v) is 18.9. The van der Waals surface area contributed by atoms with Crippen molar-refractivity contribution in [1.29, 1.82) is 0 Å². The smallest absolute Gasteiger partial charge is 0.272 e. The first-order valence-corrected chi connectivity index (χ1v) is 11.5. The lowest BCUT2D eigenvalue weighted by atomic mass is 9.91. The van der Waals surface area contributed by atoms with Crippen molar-refractivity contribution < 1.29 is 4.79 Å². The summed E-state index contributed by atoms with van der Waals surface area (Å²) < 4.78 is 0. The van der Waals surface area contributed by atoms with Gasteiger partial charge in [0, 0.05) is 28.3 Å². The van der Waals surface area contributed by atoms with Crippen molar-refractivity contribution in [2.45, 2.75) is 56.7 Å². The lowest BCUT2D eigenvalue weighted by Crippen LogP contribution is -2.45. The highest BCUT2D eigenvalue weighted by atomic mass is 35.5. The normalized spacial score (nSPS) is 19.7. The standard InChI is InChI=1S/C22H26Cl2N2OS/c1-4-16-9-8-15(3)26(12-16)22(27)20-7-5-6-17(25-20)13-28-21-11-18(23)14(2)10-19(21)24/h5-7,10-11,15-16H,4,8-9,12-13H2,1-3H3. The van der Waals surface area contributed by atoms with Crippen LogP contribution in [0.3, 0.4) is 0 Å². The third kappa shape index (κ3) is 5.03. The highest BCUT2D eigenvalue weighted by Crippen LogP contribution is 2.34. The molecule has 0 radical (unpaired) electrons. The molecule has 28 heavy (non-hydrogen) atoms. The minimum atomic E-state index is 0.0360. The number of likely N-dealkylation sites (tertiary alicyclic amines) is 1. The molecule has 2 heterocycles. The largest absolute Gasteiger partial charge is 0.334 e. The fraction of sp³-hybridized carbons (Fsp3) is 0.455. The van der Waals surface area contributed by atoms with E-state index in [0.29, 0.717) is 27.4 Å². The molecule has 2 atom stereocenters. The van der Waals surface area contributed by atoms with Crippen LogP contribution in [0.4, 0.5) is 0 Å². The number of nitrogens with zero attached hydrogens (tertiary/aromatic N) is 2. The first-order valence-electron chi connectivity index (χ1n) is 9.74. The number of amides is 1. The monoisotopic (exact) mass is 436 g/mol. The summed E-state index contributed by atoms with van der Waals surface area (Å²) >= 11 is 14.1. The van der Waals surface area contributed by atoms with E-state index in [2.05, 4.69) is 18.8 Å². The minimum absolute atomic E-state index is 0.0360. The van der Waals surface area contributed by atoms with Crippen LogP contribution in [0.1, 0.15) is 54.9 Å². The Hall–Kier alpha value is -1.23. The second-order valence-corrected chi connectivity index (χ2v) is 9.32. The lowest BCUT2D eigenvalue weighted by molar-refractivity contribution is 0.0550. The number of aryl methyl sites for hydroxylation is 1. The van der Waals surface area contributed by atoms with Gasteiger partial charge in [-0.25, -0.2) is 4.98 Å². The van der Waals surface area contributed by atoms with Gasteiger partial charge in [0.1, 0.15) is 5.69 Å². The molecule has 1 amide bonds. The van der Waals surface area contributed by atoms with E-state index in [1.807, 2.05) is 42.2 Å². The molecule has 0 spiro atoms. The number of carbonyl (C=O) groups is 1. The molecule has 0 bridgehead atoms. The summed E-state index contributed by atoms with van der Waals surface area (Å²) in [5.41, 5.74) is 2.35. The van der Waals surface area contributed by atoms with Gasteiger partial charge in [-0.05, 0) is 62.4 Å². The summed E-state index contributed by atoms with van der Waals surface area (Å²) in [7, 11) is 0. The fourth-order valence-electron chi connectivity index (χ4n) is 3.51. The second kappa shape index (κ2) is 9.51. The Bertz CT molecular complexity index is 858. The minimum Gasteiger partial charge on any atom is -0.334 e. The van der Waals surface area contributed by atoms with Crippen LogP contribution in [0.5, 0.6) is 0 Å². The predicted molar refractivity (Wildman–Crippen MR) is 119 cm³/mol. The molecule has 6 heteroatoms. The van der Waals surface area contributed by atoms with Gasteiger partial charge in [0.15, 0.2) is 0 Å². The zero-order chi connectivity index (χ0) is 20.3. The summed E-state index contributed by atoms with van der Waals surface area (Å²) in [5, 5.41) is 1.39. The molecular weight excluding hydrogens is 411 g/mol. The van der Waals surface area contributed by atoms with Crippen molar-refractivity contribution in [3.8, 4) is 0 Å². The highest BCUT2D eigenvalue weighted by molar-refractivity contribution is 7.98. The molecule has 1 aromatic carbocycles. The topological polar surface area (TPSA) is 33.2 Å². The van der Waals surface area contributed by atoms with E-state index in [1.54, 1.807) is 11.8 Å². The maximum atomic E-state index is 13.1. The van der Waals surface area contributed by atoms with Crippen LogP contribution in [0, 0.1) is 12.8 Å². The van der Waals surface area contributed by atoms with Gasteiger partial charge in [0.05, 0.1) is 10.7 Å². The summed E-state index contributed by atoms with van der Waals surface area (Å²) in [6.45, 7) is 7.09. The molecule has 150 valence electrons. The highest BCUT2D eigenvalue weighted by Gasteiger charge is 2.29. The van der Waals surface area contributed by atoms with Crippen LogP contribution in [-0.4, -0.2) is 28.4 Å². The molecule has 1 fully saturated rings. The van der Waals surface area contributed by atoms with Gasteiger partial charge in [-0.15, -0.1) is 11.8 Å². The van der Waals surface area contributed by atoms with Crippen molar-refractivity contribution in [3.05, 3.63) is 57.3 Å². The quantitative estimate of drug-likeness (QED) is 0.492. The molecule has 0 N–H and O–H groups in total. The Balaban J connectivity index is 1.71. The molecule has 3 nitrogen and oxygen atoms in total. The number of hydrogen-bond acceptors (Lipinski definition) is 3. The van der Waals surface area contributed by atoms with E-state index in [1.165, 1.54) is 6.42 Å². The molecule has 1 aromatic heterocycles. The summed E-state index contributed by atoms with van der Waals surface area (Å²) in [6, 6.07) is 9.70. The Labute approximate surface area is 181 Å². The second-order valence-electron chi connectivity index (χ2n) is 7.49. The third-order valence-corrected chi connectivity index (χ3v) is 7.35. The number of pyridine rings is 1. The number of rotatable bonds is 5. The van der Waals surface area contributed by atoms with Crippen LogP contribution in [-0.2, 0) is 5.75 Å². The Morgan fingerprint density at radius 2 is 2.04 bits per heavy atom. The zero-order valence-electron chi connectivity index (χ0n) is 16.5. The number of piperidine rings is 1. The fourth-order valence-corrected chi connectivity index (χ4v) is 4.99. The molecule has 1 saturated heterocycles. The van der Waals surface area contributed by atoms with Crippen molar-refractivity contribution in [1.82, 2.24) is 9.88 Å². The average molecular weight is 437 g/mol. The van der Waals surface area contributed by atoms with E-state index in [-0.39, 0.29) is 11.9 Å². The van der Waals surface area contributed by atoms with Gasteiger partial charge in [0.25, 0.3) is 5.91 Å². The van der Waals surface area contributed by atoms with Gasteiger partial charge in [0.2, 0.25) is 0 Å². The van der Waals surface area contributed by atoms with Crippen LogP contribution in [0.2, 0.25) is 10.0 Å². The Kier molecular flexibility index (Phi) is 7.30. The van der Waals surface area contributed by atoms with Crippen LogP contribution < -0.4 is 0 Å². The number of benzene rings is 1. The molecule has 1 aliphatic heterocycles. The number of aromatic nitrogens is 1. The number of halogens is 2. The number of thioether (sulfide) groups is 1. The summed E-state index contributed by atoms with van der Waals surface area (Å²) in [4.78, 5) is 20.6. The Morgan fingerprint density at radius 1 is 1.25 bits per heavy atom. The van der Waals surface area contributed by atoms with E-state index >= 15 is 0 Å². The maximum Gasteiger partial charge on any atom is 0.272 e. The molecule has 0 aliphatic carbocycles. The summed E-state index contributed by atoms with van der Waals surface area (Å²) in [5.74, 6) is 1.26. The first kappa shape index (κ1) is 21.5. The van der Waals surface area contributed by atoms with Crippen LogP contribution >= 0.6 is 35.0 Å². The van der Waals surface area contributed by atoms with E-state index < -0.39 is 0 Å². The van der Waals surface area contributed by atoms with Crippen molar-refractivity contribution >= 4 is 40.9 Å². The van der Waals surface area contributed by atoms with E-state index in [9.17, 15) is 4.79 Å². The van der Waals surface area contributed by atoms with Crippen molar-refractivity contribution in [2.24, 2.45) is 5.92 Å².